The predicted molar refractivity (Wildman–Crippen MR) is 38.4 cm³/mol. The van der Waals surface area contributed by atoms with Gasteiger partial charge in [0.25, 0.3) is 0 Å². The SMILES string of the molecule is C=CCNCCCC(F)(F)F. The number of rotatable bonds is 5. The molecule has 11 heavy (non-hydrogen) atoms. The third kappa shape index (κ3) is 9.49. The van der Waals surface area contributed by atoms with E-state index in [4.69, 9.17) is 0 Å². The van der Waals surface area contributed by atoms with Gasteiger partial charge in [-0.2, -0.15) is 13.2 Å². The van der Waals surface area contributed by atoms with Crippen molar-refractivity contribution in [1.82, 2.24) is 5.32 Å². The van der Waals surface area contributed by atoms with Crippen molar-refractivity contribution in [3.05, 3.63) is 12.7 Å². The van der Waals surface area contributed by atoms with Gasteiger partial charge >= 0.3 is 6.18 Å². The Morgan fingerprint density at radius 3 is 2.45 bits per heavy atom. The van der Waals surface area contributed by atoms with Crippen molar-refractivity contribution < 1.29 is 13.2 Å². The van der Waals surface area contributed by atoms with Crippen molar-refractivity contribution in [3.63, 3.8) is 0 Å². The summed E-state index contributed by atoms with van der Waals surface area (Å²) in [6.45, 7) is 4.38. The Labute approximate surface area is 64.3 Å². The van der Waals surface area contributed by atoms with Gasteiger partial charge in [0, 0.05) is 13.0 Å². The summed E-state index contributed by atoms with van der Waals surface area (Å²) in [6.07, 6.45) is -2.97. The van der Waals surface area contributed by atoms with Crippen molar-refractivity contribution in [3.8, 4) is 0 Å². The minimum Gasteiger partial charge on any atom is -0.313 e. The van der Waals surface area contributed by atoms with Crippen molar-refractivity contribution >= 4 is 0 Å². The van der Waals surface area contributed by atoms with Crippen LogP contribution in [0.25, 0.3) is 0 Å². The Kier molecular flexibility index (Phi) is 4.94. The normalized spacial score (nSPS) is 11.5. The van der Waals surface area contributed by atoms with E-state index in [2.05, 4.69) is 11.9 Å². The maximum absolute atomic E-state index is 11.5. The van der Waals surface area contributed by atoms with E-state index in [-0.39, 0.29) is 6.42 Å². The van der Waals surface area contributed by atoms with Crippen molar-refractivity contribution in [1.29, 1.82) is 0 Å². The Morgan fingerprint density at radius 1 is 1.36 bits per heavy atom. The monoisotopic (exact) mass is 167 g/mol. The van der Waals surface area contributed by atoms with Gasteiger partial charge in [-0.1, -0.05) is 6.08 Å². The largest absolute Gasteiger partial charge is 0.389 e. The summed E-state index contributed by atoms with van der Waals surface area (Å²) in [5, 5.41) is 2.79. The van der Waals surface area contributed by atoms with Crippen LogP contribution in [0.4, 0.5) is 13.2 Å². The van der Waals surface area contributed by atoms with Crippen LogP contribution in [0.5, 0.6) is 0 Å². The summed E-state index contributed by atoms with van der Waals surface area (Å²) in [5.41, 5.74) is 0. The van der Waals surface area contributed by atoms with E-state index >= 15 is 0 Å². The van der Waals surface area contributed by atoms with E-state index in [9.17, 15) is 13.2 Å². The maximum Gasteiger partial charge on any atom is 0.389 e. The smallest absolute Gasteiger partial charge is 0.313 e. The third-order valence-corrected chi connectivity index (χ3v) is 1.10. The zero-order valence-corrected chi connectivity index (χ0v) is 6.25. The van der Waals surface area contributed by atoms with Crippen LogP contribution in [0, 0.1) is 0 Å². The lowest BCUT2D eigenvalue weighted by molar-refractivity contribution is -0.135. The number of hydrogen-bond acceptors (Lipinski definition) is 1. The summed E-state index contributed by atoms with van der Waals surface area (Å²) >= 11 is 0. The molecule has 1 N–H and O–H groups in total. The number of alkyl halides is 3. The molecule has 0 heterocycles. The number of halogens is 3. The molecule has 1 nitrogen and oxygen atoms in total. The second-order valence-electron chi connectivity index (χ2n) is 2.21. The summed E-state index contributed by atoms with van der Waals surface area (Å²) in [7, 11) is 0. The molecule has 0 aliphatic heterocycles. The highest BCUT2D eigenvalue weighted by molar-refractivity contribution is 4.69. The van der Waals surface area contributed by atoms with Crippen LogP contribution in [0.15, 0.2) is 12.7 Å². The quantitative estimate of drug-likeness (QED) is 0.488. The molecule has 0 aromatic heterocycles. The first-order chi connectivity index (χ1) is 5.06. The van der Waals surface area contributed by atoms with Crippen LogP contribution in [0.3, 0.4) is 0 Å². The van der Waals surface area contributed by atoms with Crippen LogP contribution >= 0.6 is 0 Å². The predicted octanol–water partition coefficient (Wildman–Crippen LogP) is 2.10. The minimum atomic E-state index is -4.02. The lowest BCUT2D eigenvalue weighted by Crippen LogP contribution is -2.17. The van der Waals surface area contributed by atoms with E-state index in [0.29, 0.717) is 13.1 Å². The molecule has 0 aliphatic carbocycles. The minimum absolute atomic E-state index is 0.136. The van der Waals surface area contributed by atoms with Crippen molar-refractivity contribution in [2.24, 2.45) is 0 Å². The first-order valence-electron chi connectivity index (χ1n) is 3.44. The van der Waals surface area contributed by atoms with E-state index in [1.807, 2.05) is 0 Å². The van der Waals surface area contributed by atoms with Gasteiger partial charge in [0.2, 0.25) is 0 Å². The number of nitrogens with one attached hydrogen (secondary N) is 1. The maximum atomic E-state index is 11.5. The molecular weight excluding hydrogens is 155 g/mol. The summed E-state index contributed by atoms with van der Waals surface area (Å²) in [6, 6.07) is 0. The number of hydrogen-bond donors (Lipinski definition) is 1. The Balaban J connectivity index is 3.08. The molecule has 0 radical (unpaired) electrons. The van der Waals surface area contributed by atoms with E-state index in [0.717, 1.165) is 0 Å². The fourth-order valence-corrected chi connectivity index (χ4v) is 0.618. The van der Waals surface area contributed by atoms with Crippen LogP contribution in [-0.4, -0.2) is 19.3 Å². The van der Waals surface area contributed by atoms with E-state index in [1.165, 1.54) is 0 Å². The van der Waals surface area contributed by atoms with Gasteiger partial charge in [0.1, 0.15) is 0 Å². The van der Waals surface area contributed by atoms with Gasteiger partial charge in [-0.25, -0.2) is 0 Å². The molecule has 0 aliphatic rings. The molecule has 0 aromatic carbocycles. The standard InChI is InChI=1S/C7H12F3N/c1-2-5-11-6-3-4-7(8,9)10/h2,11H,1,3-6H2. The summed E-state index contributed by atoms with van der Waals surface area (Å²) < 4.78 is 34.6. The van der Waals surface area contributed by atoms with Crippen LogP contribution in [-0.2, 0) is 0 Å². The molecule has 66 valence electrons. The van der Waals surface area contributed by atoms with Gasteiger partial charge in [-0.3, -0.25) is 0 Å². The lowest BCUT2D eigenvalue weighted by atomic mass is 10.3. The highest BCUT2D eigenvalue weighted by atomic mass is 19.4. The molecule has 0 spiro atoms. The van der Waals surface area contributed by atoms with Crippen molar-refractivity contribution in [2.45, 2.75) is 19.0 Å². The molecule has 0 bridgehead atoms. The molecule has 0 fully saturated rings. The van der Waals surface area contributed by atoms with E-state index in [1.54, 1.807) is 6.08 Å². The second kappa shape index (κ2) is 5.18. The molecule has 0 saturated heterocycles. The molecule has 0 saturated carbocycles. The molecule has 0 atom stereocenters. The highest BCUT2D eigenvalue weighted by Gasteiger charge is 2.25. The van der Waals surface area contributed by atoms with Crippen LogP contribution in [0.1, 0.15) is 12.8 Å². The Hall–Kier alpha value is -0.510. The zero-order valence-electron chi connectivity index (χ0n) is 6.25. The molecule has 0 rings (SSSR count). The van der Waals surface area contributed by atoms with Crippen molar-refractivity contribution in [2.75, 3.05) is 13.1 Å². The van der Waals surface area contributed by atoms with Gasteiger partial charge < -0.3 is 5.32 Å². The topological polar surface area (TPSA) is 12.0 Å². The molecule has 0 unspecified atom stereocenters. The summed E-state index contributed by atoms with van der Waals surface area (Å²) in [4.78, 5) is 0. The van der Waals surface area contributed by atoms with Gasteiger partial charge in [0.15, 0.2) is 0 Å². The first-order valence-corrected chi connectivity index (χ1v) is 3.44. The second-order valence-corrected chi connectivity index (χ2v) is 2.21. The average molecular weight is 167 g/mol. The molecule has 0 amide bonds. The zero-order chi connectivity index (χ0) is 8.74. The Bertz CT molecular complexity index is 109. The van der Waals surface area contributed by atoms with E-state index < -0.39 is 12.6 Å². The Morgan fingerprint density at radius 2 is 2.00 bits per heavy atom. The summed E-state index contributed by atoms with van der Waals surface area (Å²) in [5.74, 6) is 0. The third-order valence-electron chi connectivity index (χ3n) is 1.10. The lowest BCUT2D eigenvalue weighted by Gasteiger charge is -2.05. The van der Waals surface area contributed by atoms with Gasteiger partial charge in [-0.15, -0.1) is 6.58 Å². The molecular formula is C7H12F3N. The van der Waals surface area contributed by atoms with Gasteiger partial charge in [-0.05, 0) is 13.0 Å². The van der Waals surface area contributed by atoms with Gasteiger partial charge in [0.05, 0.1) is 0 Å². The molecule has 0 aromatic rings. The highest BCUT2D eigenvalue weighted by Crippen LogP contribution is 2.20. The van der Waals surface area contributed by atoms with Crippen LogP contribution in [0.2, 0.25) is 0 Å². The molecule has 4 heteroatoms. The fraction of sp³-hybridized carbons (Fsp3) is 0.714. The average Bonchev–Trinajstić information content (AvgIpc) is 1.85. The first kappa shape index (κ1) is 10.5. The fourth-order valence-electron chi connectivity index (χ4n) is 0.618. The van der Waals surface area contributed by atoms with Crippen LogP contribution < -0.4 is 5.32 Å².